The molecule has 25 heavy (non-hydrogen) atoms. The molecule has 0 saturated carbocycles. The van der Waals surface area contributed by atoms with E-state index in [1.807, 2.05) is 57.1 Å². The lowest BCUT2D eigenvalue weighted by molar-refractivity contribution is 0.0916. The average molecular weight is 342 g/mol. The average Bonchev–Trinajstić information content (AvgIpc) is 2.59. The number of nitrogens with one attached hydrogen (secondary N) is 1. The van der Waals surface area contributed by atoms with Crippen LogP contribution in [0.1, 0.15) is 35.9 Å². The molecule has 0 saturated heterocycles. The molecule has 2 rings (SSSR count). The molecule has 0 fully saturated rings. The fraction of sp³-hybridized carbons (Fsp3) is 0.350. The molecule has 2 N–H and O–H groups in total. The molecule has 0 unspecified atom stereocenters. The summed E-state index contributed by atoms with van der Waals surface area (Å²) < 4.78 is 5.56. The third-order valence-corrected chi connectivity index (χ3v) is 3.74. The smallest absolute Gasteiger partial charge is 0.251 e. The molecule has 5 nitrogen and oxygen atoms in total. The van der Waals surface area contributed by atoms with E-state index in [2.05, 4.69) is 5.32 Å². The van der Waals surface area contributed by atoms with Crippen molar-refractivity contribution in [1.82, 2.24) is 5.32 Å². The van der Waals surface area contributed by atoms with Crippen LogP contribution in [0.2, 0.25) is 0 Å². The Morgan fingerprint density at radius 3 is 2.20 bits per heavy atom. The van der Waals surface area contributed by atoms with E-state index in [-0.39, 0.29) is 18.6 Å². The van der Waals surface area contributed by atoms with Crippen LogP contribution in [-0.2, 0) is 0 Å². The van der Waals surface area contributed by atoms with Crippen molar-refractivity contribution in [2.45, 2.75) is 26.1 Å². The van der Waals surface area contributed by atoms with E-state index < -0.39 is 6.10 Å². The predicted molar refractivity (Wildman–Crippen MR) is 100 cm³/mol. The molecule has 134 valence electrons. The van der Waals surface area contributed by atoms with Crippen molar-refractivity contribution in [3.05, 3.63) is 59.7 Å². The molecule has 0 spiro atoms. The highest BCUT2D eigenvalue weighted by Crippen LogP contribution is 2.18. The normalized spacial score (nSPS) is 11.9. The van der Waals surface area contributed by atoms with E-state index in [1.54, 1.807) is 24.3 Å². The molecular formula is C20H26N2O3. The van der Waals surface area contributed by atoms with Crippen molar-refractivity contribution in [3.63, 3.8) is 0 Å². The molecule has 2 aromatic rings. The molecule has 0 heterocycles. The van der Waals surface area contributed by atoms with Gasteiger partial charge in [0.05, 0.1) is 12.2 Å². The largest absolute Gasteiger partial charge is 0.491 e. The maximum absolute atomic E-state index is 12.2. The first-order chi connectivity index (χ1) is 11.9. The lowest BCUT2D eigenvalue weighted by Crippen LogP contribution is -2.28. The standard InChI is InChI=1S/C20H26N2O3/c1-14(2)25-18-11-7-16(8-12-18)20(24)21-13-19(23)15-5-9-17(10-6-15)22(3)4/h5-12,14,19,23H,13H2,1-4H3,(H,21,24)/t19-/m0/s1. The van der Waals surface area contributed by atoms with Crippen LogP contribution in [0.25, 0.3) is 0 Å². The Bertz CT molecular complexity index is 679. The summed E-state index contributed by atoms with van der Waals surface area (Å²) in [6, 6.07) is 14.6. The van der Waals surface area contributed by atoms with Crippen molar-refractivity contribution >= 4 is 11.6 Å². The van der Waals surface area contributed by atoms with Crippen LogP contribution in [0.4, 0.5) is 5.69 Å². The lowest BCUT2D eigenvalue weighted by Gasteiger charge is -2.16. The maximum atomic E-state index is 12.2. The second kappa shape index (κ2) is 8.53. The first-order valence-electron chi connectivity index (χ1n) is 8.37. The van der Waals surface area contributed by atoms with Crippen LogP contribution < -0.4 is 15.0 Å². The Hall–Kier alpha value is -2.53. The molecule has 0 aliphatic carbocycles. The van der Waals surface area contributed by atoms with Crippen molar-refractivity contribution in [2.75, 3.05) is 25.5 Å². The predicted octanol–water partition coefficient (Wildman–Crippen LogP) is 3.00. The highest BCUT2D eigenvalue weighted by molar-refractivity contribution is 5.94. The van der Waals surface area contributed by atoms with Crippen molar-refractivity contribution in [1.29, 1.82) is 0 Å². The number of hydrogen-bond acceptors (Lipinski definition) is 4. The molecule has 5 heteroatoms. The lowest BCUT2D eigenvalue weighted by atomic mass is 10.1. The highest BCUT2D eigenvalue weighted by atomic mass is 16.5. The van der Waals surface area contributed by atoms with Gasteiger partial charge in [-0.3, -0.25) is 4.79 Å². The number of carbonyl (C=O) groups is 1. The molecular weight excluding hydrogens is 316 g/mol. The Morgan fingerprint density at radius 1 is 1.08 bits per heavy atom. The van der Waals surface area contributed by atoms with Gasteiger partial charge in [-0.25, -0.2) is 0 Å². The third-order valence-electron chi connectivity index (χ3n) is 3.74. The fourth-order valence-corrected chi connectivity index (χ4v) is 2.36. The molecule has 0 aromatic heterocycles. The molecule has 0 bridgehead atoms. The summed E-state index contributed by atoms with van der Waals surface area (Å²) in [4.78, 5) is 14.2. The number of anilines is 1. The molecule has 0 aliphatic rings. The SMILES string of the molecule is CC(C)Oc1ccc(C(=O)NC[C@H](O)c2ccc(N(C)C)cc2)cc1. The van der Waals surface area contributed by atoms with Gasteiger partial charge in [0.15, 0.2) is 0 Å². The number of amides is 1. The minimum absolute atomic E-state index is 0.0914. The van der Waals surface area contributed by atoms with Crippen LogP contribution in [0.5, 0.6) is 5.75 Å². The van der Waals surface area contributed by atoms with E-state index in [1.165, 1.54) is 0 Å². The first kappa shape index (κ1) is 18.8. The van der Waals surface area contributed by atoms with Crippen LogP contribution in [0.15, 0.2) is 48.5 Å². The van der Waals surface area contributed by atoms with Crippen LogP contribution in [0, 0.1) is 0 Å². The second-order valence-electron chi connectivity index (χ2n) is 6.40. The Labute approximate surface area is 149 Å². The van der Waals surface area contributed by atoms with Gasteiger partial charge in [-0.15, -0.1) is 0 Å². The maximum Gasteiger partial charge on any atom is 0.251 e. The molecule has 2 aromatic carbocycles. The van der Waals surface area contributed by atoms with Gasteiger partial charge in [0.2, 0.25) is 0 Å². The van der Waals surface area contributed by atoms with Crippen LogP contribution in [-0.4, -0.2) is 37.8 Å². The fourth-order valence-electron chi connectivity index (χ4n) is 2.36. The van der Waals surface area contributed by atoms with Gasteiger partial charge in [-0.05, 0) is 55.8 Å². The monoisotopic (exact) mass is 342 g/mol. The Kier molecular flexibility index (Phi) is 6.42. The van der Waals surface area contributed by atoms with Gasteiger partial charge in [-0.2, -0.15) is 0 Å². The van der Waals surface area contributed by atoms with Gasteiger partial charge >= 0.3 is 0 Å². The number of benzene rings is 2. The number of carbonyl (C=O) groups excluding carboxylic acids is 1. The number of ether oxygens (including phenoxy) is 1. The van der Waals surface area contributed by atoms with Gasteiger partial charge in [-0.1, -0.05) is 12.1 Å². The summed E-state index contributed by atoms with van der Waals surface area (Å²) in [6.45, 7) is 4.06. The van der Waals surface area contributed by atoms with E-state index in [9.17, 15) is 9.90 Å². The highest BCUT2D eigenvalue weighted by Gasteiger charge is 2.11. The van der Waals surface area contributed by atoms with E-state index >= 15 is 0 Å². The first-order valence-corrected chi connectivity index (χ1v) is 8.37. The van der Waals surface area contributed by atoms with Crippen LogP contribution in [0.3, 0.4) is 0 Å². The summed E-state index contributed by atoms with van der Waals surface area (Å²) >= 11 is 0. The van der Waals surface area contributed by atoms with Gasteiger partial charge in [0, 0.05) is 31.9 Å². The molecule has 0 aliphatic heterocycles. The summed E-state index contributed by atoms with van der Waals surface area (Å²) in [5, 5.41) is 13.0. The van der Waals surface area contributed by atoms with E-state index in [4.69, 9.17) is 4.74 Å². The molecule has 1 amide bonds. The van der Waals surface area contributed by atoms with Gasteiger partial charge < -0.3 is 20.1 Å². The zero-order valence-corrected chi connectivity index (χ0v) is 15.2. The minimum atomic E-state index is -0.747. The minimum Gasteiger partial charge on any atom is -0.491 e. The number of rotatable bonds is 7. The number of nitrogens with zero attached hydrogens (tertiary/aromatic N) is 1. The van der Waals surface area contributed by atoms with Crippen LogP contribution >= 0.6 is 0 Å². The summed E-state index contributed by atoms with van der Waals surface area (Å²) in [6.07, 6.45) is -0.655. The summed E-state index contributed by atoms with van der Waals surface area (Å²) in [5.41, 5.74) is 2.36. The second-order valence-corrected chi connectivity index (χ2v) is 6.40. The zero-order chi connectivity index (χ0) is 18.4. The summed E-state index contributed by atoms with van der Waals surface area (Å²) in [7, 11) is 3.92. The number of aliphatic hydroxyl groups excluding tert-OH is 1. The molecule has 1 atom stereocenters. The molecule has 0 radical (unpaired) electrons. The van der Waals surface area contributed by atoms with E-state index in [0.717, 1.165) is 17.0 Å². The Morgan fingerprint density at radius 2 is 1.68 bits per heavy atom. The third kappa shape index (κ3) is 5.50. The quantitative estimate of drug-likeness (QED) is 0.812. The van der Waals surface area contributed by atoms with Crippen molar-refractivity contribution in [3.8, 4) is 5.75 Å². The van der Waals surface area contributed by atoms with Crippen molar-refractivity contribution in [2.24, 2.45) is 0 Å². The Balaban J connectivity index is 1.90. The topological polar surface area (TPSA) is 61.8 Å². The zero-order valence-electron chi connectivity index (χ0n) is 15.2. The van der Waals surface area contributed by atoms with Crippen molar-refractivity contribution < 1.29 is 14.6 Å². The van der Waals surface area contributed by atoms with Gasteiger partial charge in [0.25, 0.3) is 5.91 Å². The van der Waals surface area contributed by atoms with E-state index in [0.29, 0.717) is 5.56 Å². The number of hydrogen-bond donors (Lipinski definition) is 2. The number of aliphatic hydroxyl groups is 1. The van der Waals surface area contributed by atoms with Gasteiger partial charge in [0.1, 0.15) is 5.75 Å². The summed E-state index contributed by atoms with van der Waals surface area (Å²) in [5.74, 6) is 0.507.